The van der Waals surface area contributed by atoms with Crippen molar-refractivity contribution in [2.24, 2.45) is 5.73 Å². The second-order valence-corrected chi connectivity index (χ2v) is 7.02. The summed E-state index contributed by atoms with van der Waals surface area (Å²) in [5.41, 5.74) is 8.36. The third kappa shape index (κ3) is 6.42. The van der Waals surface area contributed by atoms with Gasteiger partial charge in [-0.1, -0.05) is 19.4 Å². The zero-order valence-corrected chi connectivity index (χ0v) is 18.3. The summed E-state index contributed by atoms with van der Waals surface area (Å²) in [7, 11) is 0. The lowest BCUT2D eigenvalue weighted by Gasteiger charge is -2.32. The number of anilines is 3. The van der Waals surface area contributed by atoms with Gasteiger partial charge in [0.25, 0.3) is 5.69 Å². The molecule has 1 aliphatic heterocycles. The largest absolute Gasteiger partial charge is 0.355 e. The van der Waals surface area contributed by atoms with E-state index in [9.17, 15) is 10.1 Å². The number of hydrogen-bond donors (Lipinski definition) is 2. The van der Waals surface area contributed by atoms with Crippen molar-refractivity contribution >= 4 is 48.0 Å². The van der Waals surface area contributed by atoms with E-state index in [1.165, 1.54) is 6.07 Å². The maximum atomic E-state index is 11.2. The smallest absolute Gasteiger partial charge is 0.274 e. The minimum atomic E-state index is -0.380. The van der Waals surface area contributed by atoms with E-state index in [2.05, 4.69) is 27.1 Å². The van der Waals surface area contributed by atoms with Gasteiger partial charge in [0, 0.05) is 48.2 Å². The number of aryl methyl sites for hydroxylation is 2. The molecule has 0 radical (unpaired) electrons. The Morgan fingerprint density at radius 2 is 2.07 bits per heavy atom. The number of hydrogen-bond acceptors (Lipinski definition) is 7. The van der Waals surface area contributed by atoms with E-state index < -0.39 is 0 Å². The number of benzene rings is 1. The molecule has 2 heterocycles. The zero-order chi connectivity index (χ0) is 19.4. The molecule has 160 valence electrons. The number of nitrogens with two attached hydrogens (primary N) is 1. The van der Waals surface area contributed by atoms with Crippen LogP contribution in [0.15, 0.2) is 24.3 Å². The molecule has 0 amide bonds. The highest BCUT2D eigenvalue weighted by Gasteiger charge is 2.19. The third-order valence-electron chi connectivity index (χ3n) is 4.72. The summed E-state index contributed by atoms with van der Waals surface area (Å²) in [5.74, 6) is 1.31. The maximum Gasteiger partial charge on any atom is 0.274 e. The van der Waals surface area contributed by atoms with Gasteiger partial charge in [0.15, 0.2) is 0 Å². The Labute approximate surface area is 183 Å². The van der Waals surface area contributed by atoms with Crippen molar-refractivity contribution in [1.82, 2.24) is 9.97 Å². The van der Waals surface area contributed by atoms with E-state index in [1.54, 1.807) is 19.1 Å². The van der Waals surface area contributed by atoms with Gasteiger partial charge in [-0.05, 0) is 32.3 Å². The average molecular weight is 443 g/mol. The molecule has 1 aromatic heterocycles. The molecule has 0 saturated carbocycles. The van der Waals surface area contributed by atoms with E-state index in [0.717, 1.165) is 50.3 Å². The van der Waals surface area contributed by atoms with Crippen LogP contribution in [0.2, 0.25) is 0 Å². The predicted molar refractivity (Wildman–Crippen MR) is 121 cm³/mol. The minimum absolute atomic E-state index is 0. The summed E-state index contributed by atoms with van der Waals surface area (Å²) in [4.78, 5) is 22.2. The zero-order valence-electron chi connectivity index (χ0n) is 16.6. The summed E-state index contributed by atoms with van der Waals surface area (Å²) in [5, 5.41) is 14.3. The standard InChI is InChI=1S/C19H26N6O2.2ClH/c1-3-5-15-11-18(24-9-4-6-14(20)12-24)23-19(21-15)22-16-8-7-13(2)17(10-16)25(26)27;;/h7-8,10-11,14H,3-6,9,12,20H2,1-2H3,(H,21,22,23);2*1H/t14-;;/m1../s1. The highest BCUT2D eigenvalue weighted by atomic mass is 35.5. The molecule has 1 aliphatic rings. The van der Waals surface area contributed by atoms with Crippen molar-refractivity contribution in [3.63, 3.8) is 0 Å². The quantitative estimate of drug-likeness (QED) is 0.510. The first kappa shape index (κ1) is 24.9. The van der Waals surface area contributed by atoms with Crippen molar-refractivity contribution in [2.45, 2.75) is 45.6 Å². The fourth-order valence-corrected chi connectivity index (χ4v) is 3.32. The molecular weight excluding hydrogens is 415 g/mol. The molecule has 0 spiro atoms. The number of nitro groups is 1. The molecule has 10 heteroatoms. The average Bonchev–Trinajstić information content (AvgIpc) is 2.63. The molecular formula is C19H28Cl2N6O2. The lowest BCUT2D eigenvalue weighted by molar-refractivity contribution is -0.385. The molecule has 3 N–H and O–H groups in total. The van der Waals surface area contributed by atoms with Crippen molar-refractivity contribution < 1.29 is 4.92 Å². The molecule has 3 rings (SSSR count). The topological polar surface area (TPSA) is 110 Å². The van der Waals surface area contributed by atoms with Crippen LogP contribution in [-0.2, 0) is 6.42 Å². The van der Waals surface area contributed by atoms with E-state index in [0.29, 0.717) is 17.2 Å². The number of piperidine rings is 1. The fourth-order valence-electron chi connectivity index (χ4n) is 3.32. The van der Waals surface area contributed by atoms with E-state index in [1.807, 2.05) is 6.07 Å². The monoisotopic (exact) mass is 442 g/mol. The van der Waals surface area contributed by atoms with E-state index >= 15 is 0 Å². The predicted octanol–water partition coefficient (Wildman–Crippen LogP) is 4.16. The number of halogens is 2. The Bertz CT molecular complexity index is 836. The van der Waals surface area contributed by atoms with Crippen LogP contribution in [-0.4, -0.2) is 34.0 Å². The van der Waals surface area contributed by atoms with Crippen LogP contribution in [0.3, 0.4) is 0 Å². The second kappa shape index (κ2) is 11.1. The van der Waals surface area contributed by atoms with Gasteiger partial charge in [-0.15, -0.1) is 24.8 Å². The molecule has 1 saturated heterocycles. The van der Waals surface area contributed by atoms with Crippen LogP contribution in [0.1, 0.15) is 37.4 Å². The number of rotatable bonds is 6. The minimum Gasteiger partial charge on any atom is -0.355 e. The van der Waals surface area contributed by atoms with Gasteiger partial charge in [-0.25, -0.2) is 4.98 Å². The number of nitrogens with zero attached hydrogens (tertiary/aromatic N) is 4. The van der Waals surface area contributed by atoms with Crippen molar-refractivity contribution in [2.75, 3.05) is 23.3 Å². The second-order valence-electron chi connectivity index (χ2n) is 7.02. The van der Waals surface area contributed by atoms with Crippen LogP contribution in [0.4, 0.5) is 23.1 Å². The van der Waals surface area contributed by atoms with Crippen LogP contribution in [0, 0.1) is 17.0 Å². The van der Waals surface area contributed by atoms with Crippen molar-refractivity contribution in [1.29, 1.82) is 0 Å². The van der Waals surface area contributed by atoms with E-state index in [4.69, 9.17) is 5.73 Å². The molecule has 1 atom stereocenters. The van der Waals surface area contributed by atoms with Crippen molar-refractivity contribution in [3.05, 3.63) is 45.6 Å². The van der Waals surface area contributed by atoms with Crippen LogP contribution >= 0.6 is 24.8 Å². The third-order valence-corrected chi connectivity index (χ3v) is 4.72. The fraction of sp³-hybridized carbons (Fsp3) is 0.474. The Kier molecular flexibility index (Phi) is 9.55. The number of aromatic nitrogens is 2. The van der Waals surface area contributed by atoms with Crippen LogP contribution < -0.4 is 16.0 Å². The summed E-state index contributed by atoms with van der Waals surface area (Å²) < 4.78 is 0. The first-order chi connectivity index (χ1) is 13.0. The van der Waals surface area contributed by atoms with Gasteiger partial charge in [0.05, 0.1) is 4.92 Å². The lowest BCUT2D eigenvalue weighted by atomic mass is 10.1. The maximum absolute atomic E-state index is 11.2. The van der Waals surface area contributed by atoms with Gasteiger partial charge in [0.2, 0.25) is 5.95 Å². The first-order valence-electron chi connectivity index (χ1n) is 9.37. The summed E-state index contributed by atoms with van der Waals surface area (Å²) in [6, 6.07) is 7.21. The normalized spacial score (nSPS) is 15.8. The highest BCUT2D eigenvalue weighted by Crippen LogP contribution is 2.26. The highest BCUT2D eigenvalue weighted by molar-refractivity contribution is 5.85. The van der Waals surface area contributed by atoms with Crippen molar-refractivity contribution in [3.8, 4) is 0 Å². The van der Waals surface area contributed by atoms with Gasteiger partial charge in [0.1, 0.15) is 5.82 Å². The summed E-state index contributed by atoms with van der Waals surface area (Å²) in [6.07, 6.45) is 3.90. The Balaban J connectivity index is 0.00000210. The van der Waals surface area contributed by atoms with E-state index in [-0.39, 0.29) is 41.5 Å². The van der Waals surface area contributed by atoms with Crippen LogP contribution in [0.5, 0.6) is 0 Å². The van der Waals surface area contributed by atoms with Crippen LogP contribution in [0.25, 0.3) is 0 Å². The lowest BCUT2D eigenvalue weighted by Crippen LogP contribution is -2.43. The van der Waals surface area contributed by atoms with Gasteiger partial charge in [-0.3, -0.25) is 10.1 Å². The van der Waals surface area contributed by atoms with Gasteiger partial charge in [-0.2, -0.15) is 4.98 Å². The molecule has 1 aromatic carbocycles. The molecule has 0 unspecified atom stereocenters. The summed E-state index contributed by atoms with van der Waals surface area (Å²) in [6.45, 7) is 5.52. The Morgan fingerprint density at radius 3 is 2.72 bits per heavy atom. The Hall–Kier alpha value is -2.16. The molecule has 1 fully saturated rings. The molecule has 0 aliphatic carbocycles. The molecule has 2 aromatic rings. The molecule has 0 bridgehead atoms. The number of nitro benzene ring substituents is 1. The van der Waals surface area contributed by atoms with Gasteiger partial charge < -0.3 is 16.0 Å². The first-order valence-corrected chi connectivity index (χ1v) is 9.37. The Morgan fingerprint density at radius 1 is 1.31 bits per heavy atom. The number of nitrogens with one attached hydrogen (secondary N) is 1. The van der Waals surface area contributed by atoms with Gasteiger partial charge >= 0.3 is 0 Å². The summed E-state index contributed by atoms with van der Waals surface area (Å²) >= 11 is 0. The molecule has 8 nitrogen and oxygen atoms in total. The SMILES string of the molecule is CCCc1cc(N2CCC[C@@H](N)C2)nc(Nc2ccc(C)c([N+](=O)[O-])c2)n1.Cl.Cl. The molecule has 29 heavy (non-hydrogen) atoms.